The first-order chi connectivity index (χ1) is 10.0. The number of aromatic amines is 1. The number of nitrogens with two attached hydrogens (primary N) is 1. The number of H-pyrrole nitrogens is 1. The largest absolute Gasteiger partial charge is 0.469 e. The average Bonchev–Trinajstić information content (AvgIpc) is 2.85. The molecule has 0 unspecified atom stereocenters. The van der Waals surface area contributed by atoms with Crippen LogP contribution in [-0.4, -0.2) is 17.0 Å². The Morgan fingerprint density at radius 1 is 1.38 bits per heavy atom. The number of aryl methyl sites for hydroxylation is 1. The molecule has 6 nitrogen and oxygen atoms in total. The van der Waals surface area contributed by atoms with Crippen LogP contribution in [0.25, 0.3) is 10.9 Å². The number of nitrogen functional groups attached to an aromatic ring is 1. The van der Waals surface area contributed by atoms with Crippen LogP contribution in [0.1, 0.15) is 11.3 Å². The van der Waals surface area contributed by atoms with E-state index in [9.17, 15) is 4.79 Å². The van der Waals surface area contributed by atoms with E-state index in [4.69, 9.17) is 10.2 Å². The Hall–Kier alpha value is -2.76. The van der Waals surface area contributed by atoms with Crippen LogP contribution in [0.15, 0.2) is 39.7 Å². The topological polar surface area (TPSA) is 88.2 Å². The minimum absolute atomic E-state index is 0.196. The normalized spacial score (nSPS) is 11.0. The third kappa shape index (κ3) is 2.47. The molecule has 0 saturated heterocycles. The summed E-state index contributed by atoms with van der Waals surface area (Å²) >= 11 is 0. The lowest BCUT2D eigenvalue weighted by atomic mass is 10.2. The molecule has 0 saturated carbocycles. The van der Waals surface area contributed by atoms with Crippen molar-refractivity contribution in [2.45, 2.75) is 13.5 Å². The summed E-state index contributed by atoms with van der Waals surface area (Å²) in [4.78, 5) is 21.3. The Morgan fingerprint density at radius 2 is 2.19 bits per heavy atom. The number of hydrogen-bond acceptors (Lipinski definition) is 5. The van der Waals surface area contributed by atoms with E-state index in [-0.39, 0.29) is 5.56 Å². The van der Waals surface area contributed by atoms with Crippen LogP contribution in [-0.2, 0) is 6.54 Å². The molecule has 2 aromatic heterocycles. The summed E-state index contributed by atoms with van der Waals surface area (Å²) in [5.41, 5.74) is 7.72. The molecule has 0 amide bonds. The van der Waals surface area contributed by atoms with Crippen molar-refractivity contribution in [3.8, 4) is 0 Å². The molecule has 3 aromatic rings. The van der Waals surface area contributed by atoms with E-state index in [1.54, 1.807) is 24.5 Å². The van der Waals surface area contributed by atoms with E-state index in [2.05, 4.69) is 9.97 Å². The van der Waals surface area contributed by atoms with Gasteiger partial charge in [0.1, 0.15) is 5.76 Å². The maximum atomic E-state index is 12.1. The Morgan fingerprint density at radius 3 is 2.90 bits per heavy atom. The number of aromatic nitrogens is 2. The molecule has 0 atom stereocenters. The lowest BCUT2D eigenvalue weighted by Gasteiger charge is -2.17. The molecule has 0 fully saturated rings. The van der Waals surface area contributed by atoms with E-state index < -0.39 is 0 Å². The van der Waals surface area contributed by atoms with E-state index in [0.717, 1.165) is 11.3 Å². The first-order valence-electron chi connectivity index (χ1n) is 6.58. The van der Waals surface area contributed by atoms with Crippen LogP contribution in [0.4, 0.5) is 11.6 Å². The number of hydrogen-bond donors (Lipinski definition) is 2. The molecule has 0 radical (unpaired) electrons. The van der Waals surface area contributed by atoms with Crippen molar-refractivity contribution in [2.75, 3.05) is 17.7 Å². The van der Waals surface area contributed by atoms with Gasteiger partial charge in [-0.15, -0.1) is 0 Å². The molecule has 0 bridgehead atoms. The molecular weight excluding hydrogens is 268 g/mol. The lowest BCUT2D eigenvalue weighted by molar-refractivity contribution is 0.529. The molecule has 2 heterocycles. The van der Waals surface area contributed by atoms with Gasteiger partial charge in [0.2, 0.25) is 5.95 Å². The monoisotopic (exact) mass is 284 g/mol. The molecule has 3 N–H and O–H groups in total. The van der Waals surface area contributed by atoms with Crippen molar-refractivity contribution in [3.63, 3.8) is 0 Å². The zero-order chi connectivity index (χ0) is 15.0. The van der Waals surface area contributed by atoms with Gasteiger partial charge in [-0.3, -0.25) is 9.78 Å². The number of nitrogens with one attached hydrogen (secondary N) is 1. The highest BCUT2D eigenvalue weighted by Crippen LogP contribution is 2.17. The van der Waals surface area contributed by atoms with Crippen LogP contribution in [0.3, 0.4) is 0 Å². The SMILES string of the molecule is Cc1occc1CN(C)c1nc2ccc(N)cc2c(=O)[nH]1. The average molecular weight is 284 g/mol. The Balaban J connectivity index is 1.99. The minimum atomic E-state index is -0.196. The van der Waals surface area contributed by atoms with Gasteiger partial charge in [0, 0.05) is 24.8 Å². The zero-order valence-corrected chi connectivity index (χ0v) is 11.9. The van der Waals surface area contributed by atoms with E-state index in [0.29, 0.717) is 29.1 Å². The fourth-order valence-corrected chi connectivity index (χ4v) is 2.23. The Labute approximate surface area is 121 Å². The first kappa shape index (κ1) is 13.2. The van der Waals surface area contributed by atoms with Gasteiger partial charge in [-0.1, -0.05) is 0 Å². The second-order valence-electron chi connectivity index (χ2n) is 5.02. The van der Waals surface area contributed by atoms with Crippen molar-refractivity contribution < 1.29 is 4.42 Å². The van der Waals surface area contributed by atoms with Crippen LogP contribution in [0.2, 0.25) is 0 Å². The van der Waals surface area contributed by atoms with Gasteiger partial charge in [0.25, 0.3) is 5.56 Å². The summed E-state index contributed by atoms with van der Waals surface area (Å²) in [5, 5.41) is 0.492. The van der Waals surface area contributed by atoms with Crippen LogP contribution >= 0.6 is 0 Å². The van der Waals surface area contributed by atoms with Gasteiger partial charge in [-0.05, 0) is 31.2 Å². The van der Waals surface area contributed by atoms with Gasteiger partial charge in [0.05, 0.1) is 17.2 Å². The molecule has 108 valence electrons. The second kappa shape index (κ2) is 4.97. The summed E-state index contributed by atoms with van der Waals surface area (Å²) in [6.07, 6.45) is 1.65. The minimum Gasteiger partial charge on any atom is -0.469 e. The number of fused-ring (bicyclic) bond motifs is 1. The molecule has 0 aliphatic rings. The molecule has 6 heteroatoms. The quantitative estimate of drug-likeness (QED) is 0.719. The summed E-state index contributed by atoms with van der Waals surface area (Å²) in [6, 6.07) is 7.02. The standard InChI is InChI=1S/C15H16N4O2/c1-9-10(5-6-21-9)8-19(2)15-17-13-4-3-11(16)7-12(13)14(20)18-15/h3-7H,8,16H2,1-2H3,(H,17,18,20). The molecule has 0 spiro atoms. The highest BCUT2D eigenvalue weighted by molar-refractivity contribution is 5.81. The van der Waals surface area contributed by atoms with Gasteiger partial charge in [0.15, 0.2) is 0 Å². The van der Waals surface area contributed by atoms with Crippen molar-refractivity contribution >= 4 is 22.5 Å². The number of benzene rings is 1. The molecule has 1 aromatic carbocycles. The summed E-state index contributed by atoms with van der Waals surface area (Å²) in [7, 11) is 1.87. The van der Waals surface area contributed by atoms with E-state index in [1.807, 2.05) is 24.9 Å². The predicted molar refractivity (Wildman–Crippen MR) is 82.3 cm³/mol. The smallest absolute Gasteiger partial charge is 0.260 e. The van der Waals surface area contributed by atoms with Crippen LogP contribution in [0.5, 0.6) is 0 Å². The van der Waals surface area contributed by atoms with Gasteiger partial charge in [-0.2, -0.15) is 0 Å². The van der Waals surface area contributed by atoms with Gasteiger partial charge < -0.3 is 15.1 Å². The predicted octanol–water partition coefficient (Wildman–Crippen LogP) is 2.04. The van der Waals surface area contributed by atoms with Gasteiger partial charge >= 0.3 is 0 Å². The second-order valence-corrected chi connectivity index (χ2v) is 5.02. The third-order valence-electron chi connectivity index (χ3n) is 3.45. The van der Waals surface area contributed by atoms with Crippen molar-refractivity contribution in [2.24, 2.45) is 0 Å². The van der Waals surface area contributed by atoms with Gasteiger partial charge in [-0.25, -0.2) is 4.98 Å². The van der Waals surface area contributed by atoms with Crippen LogP contribution < -0.4 is 16.2 Å². The first-order valence-corrected chi connectivity index (χ1v) is 6.58. The molecule has 0 aliphatic heterocycles. The van der Waals surface area contributed by atoms with Crippen molar-refractivity contribution in [1.82, 2.24) is 9.97 Å². The number of nitrogens with zero attached hydrogens (tertiary/aromatic N) is 2. The third-order valence-corrected chi connectivity index (χ3v) is 3.45. The van der Waals surface area contributed by atoms with Crippen molar-refractivity contribution in [3.05, 3.63) is 52.2 Å². The van der Waals surface area contributed by atoms with Crippen LogP contribution in [0, 0.1) is 6.92 Å². The highest BCUT2D eigenvalue weighted by Gasteiger charge is 2.10. The van der Waals surface area contributed by atoms with E-state index in [1.165, 1.54) is 0 Å². The summed E-state index contributed by atoms with van der Waals surface area (Å²) in [6.45, 7) is 2.51. The molecule has 3 rings (SSSR count). The number of anilines is 2. The lowest BCUT2D eigenvalue weighted by Crippen LogP contribution is -2.23. The Kier molecular flexibility index (Phi) is 3.13. The number of rotatable bonds is 3. The maximum absolute atomic E-state index is 12.1. The zero-order valence-electron chi connectivity index (χ0n) is 11.9. The number of furan rings is 1. The van der Waals surface area contributed by atoms with E-state index >= 15 is 0 Å². The summed E-state index contributed by atoms with van der Waals surface area (Å²) < 4.78 is 5.28. The van der Waals surface area contributed by atoms with Crippen molar-refractivity contribution in [1.29, 1.82) is 0 Å². The Bertz CT molecular complexity index is 850. The molecular formula is C15H16N4O2. The highest BCUT2D eigenvalue weighted by atomic mass is 16.3. The molecule has 21 heavy (non-hydrogen) atoms. The molecule has 0 aliphatic carbocycles. The maximum Gasteiger partial charge on any atom is 0.260 e. The fourth-order valence-electron chi connectivity index (χ4n) is 2.23. The summed E-state index contributed by atoms with van der Waals surface area (Å²) in [5.74, 6) is 1.37. The fraction of sp³-hybridized carbons (Fsp3) is 0.200.